The normalized spacial score (nSPS) is 10.7. The molecule has 0 saturated carbocycles. The summed E-state index contributed by atoms with van der Waals surface area (Å²) in [6.45, 7) is 5.40. The Balaban J connectivity index is 2.93. The van der Waals surface area contributed by atoms with Crippen LogP contribution in [-0.4, -0.2) is 28.9 Å². The number of benzene rings is 1. The molecule has 6 heteroatoms. The highest BCUT2D eigenvalue weighted by Crippen LogP contribution is 2.23. The average Bonchev–Trinajstić information content (AvgIpc) is 2.33. The Morgan fingerprint density at radius 1 is 1.40 bits per heavy atom. The Hall–Kier alpha value is -0.460. The Bertz CT molecular complexity index is 506. The zero-order chi connectivity index (χ0) is 15.3. The van der Waals surface area contributed by atoms with Gasteiger partial charge in [-0.25, -0.2) is 0 Å². The van der Waals surface area contributed by atoms with E-state index in [0.717, 1.165) is 8.95 Å². The first kappa shape index (κ1) is 17.6. The van der Waals surface area contributed by atoms with Gasteiger partial charge in [0.15, 0.2) is 0 Å². The lowest BCUT2D eigenvalue weighted by Crippen LogP contribution is -2.36. The molecule has 1 rings (SSSR count). The molecule has 1 amide bonds. The maximum Gasteiger partial charge on any atom is 0.255 e. The average molecular weight is 422 g/mol. The van der Waals surface area contributed by atoms with Crippen LogP contribution in [0.2, 0.25) is 0 Å². The molecule has 0 aliphatic heterocycles. The molecule has 0 bridgehead atoms. The fourth-order valence-electron chi connectivity index (χ4n) is 1.79. The minimum absolute atomic E-state index is 0.00525. The van der Waals surface area contributed by atoms with E-state index in [9.17, 15) is 4.79 Å². The maximum atomic E-state index is 12.6. The first-order chi connectivity index (χ1) is 9.31. The van der Waals surface area contributed by atoms with Crippen molar-refractivity contribution in [2.45, 2.75) is 20.3 Å². The number of carbonyl (C=O) groups excluding carboxylic acids is 1. The molecule has 20 heavy (non-hydrogen) atoms. The summed E-state index contributed by atoms with van der Waals surface area (Å²) >= 11 is 11.7. The summed E-state index contributed by atoms with van der Waals surface area (Å²) in [6, 6.07) is 5.54. The Morgan fingerprint density at radius 3 is 2.55 bits per heavy atom. The highest BCUT2D eigenvalue weighted by atomic mass is 79.9. The standard InChI is InChI=1S/C14H18Br2N2OS/c1-9(2)8-18(6-5-13(17)20)14(19)11-4-3-10(15)7-12(11)16/h3-4,7,9H,5-6,8H2,1-2H3,(H2,17,20). The Kier molecular flexibility index (Phi) is 7.12. The van der Waals surface area contributed by atoms with Crippen LogP contribution in [0.5, 0.6) is 0 Å². The van der Waals surface area contributed by atoms with Crippen molar-refractivity contribution in [3.05, 3.63) is 32.7 Å². The second-order valence-electron chi connectivity index (χ2n) is 4.99. The SMILES string of the molecule is CC(C)CN(CCC(N)=S)C(=O)c1ccc(Br)cc1Br. The fraction of sp³-hybridized carbons (Fsp3) is 0.429. The highest BCUT2D eigenvalue weighted by molar-refractivity contribution is 9.11. The molecule has 0 unspecified atom stereocenters. The highest BCUT2D eigenvalue weighted by Gasteiger charge is 2.19. The van der Waals surface area contributed by atoms with Gasteiger partial charge >= 0.3 is 0 Å². The van der Waals surface area contributed by atoms with Gasteiger partial charge in [-0.15, -0.1) is 0 Å². The molecule has 0 saturated heterocycles. The lowest BCUT2D eigenvalue weighted by molar-refractivity contribution is 0.0740. The van der Waals surface area contributed by atoms with Crippen molar-refractivity contribution in [2.24, 2.45) is 11.7 Å². The number of halogens is 2. The number of rotatable bonds is 6. The number of carbonyl (C=O) groups is 1. The predicted molar refractivity (Wildman–Crippen MR) is 94.0 cm³/mol. The van der Waals surface area contributed by atoms with Crippen LogP contribution in [-0.2, 0) is 0 Å². The van der Waals surface area contributed by atoms with Crippen molar-refractivity contribution in [3.63, 3.8) is 0 Å². The summed E-state index contributed by atoms with van der Waals surface area (Å²) in [4.78, 5) is 14.9. The van der Waals surface area contributed by atoms with E-state index in [2.05, 4.69) is 45.7 Å². The number of amides is 1. The lowest BCUT2D eigenvalue weighted by Gasteiger charge is -2.25. The van der Waals surface area contributed by atoms with E-state index in [0.29, 0.717) is 36.0 Å². The van der Waals surface area contributed by atoms with Crippen LogP contribution in [0.1, 0.15) is 30.6 Å². The minimum atomic E-state index is -0.00525. The summed E-state index contributed by atoms with van der Waals surface area (Å²) in [5.41, 5.74) is 6.19. The van der Waals surface area contributed by atoms with Gasteiger partial charge in [-0.1, -0.05) is 42.0 Å². The summed E-state index contributed by atoms with van der Waals surface area (Å²) in [5, 5.41) is 0. The topological polar surface area (TPSA) is 46.3 Å². The predicted octanol–water partition coefficient (Wildman–Crippen LogP) is 3.99. The largest absolute Gasteiger partial charge is 0.393 e. The van der Waals surface area contributed by atoms with Crippen molar-refractivity contribution < 1.29 is 4.79 Å². The zero-order valence-electron chi connectivity index (χ0n) is 11.5. The number of nitrogens with zero attached hydrogens (tertiary/aromatic N) is 1. The molecule has 0 radical (unpaired) electrons. The monoisotopic (exact) mass is 420 g/mol. The van der Waals surface area contributed by atoms with Gasteiger partial charge in [0.1, 0.15) is 0 Å². The van der Waals surface area contributed by atoms with Crippen LogP contribution in [0.25, 0.3) is 0 Å². The smallest absolute Gasteiger partial charge is 0.255 e. The summed E-state index contributed by atoms with van der Waals surface area (Å²) in [7, 11) is 0. The van der Waals surface area contributed by atoms with Crippen molar-refractivity contribution in [2.75, 3.05) is 13.1 Å². The Labute approximate surface area is 142 Å². The molecule has 1 aromatic carbocycles. The zero-order valence-corrected chi connectivity index (χ0v) is 15.5. The molecule has 0 spiro atoms. The molecule has 2 N–H and O–H groups in total. The van der Waals surface area contributed by atoms with Gasteiger partial charge in [0.05, 0.1) is 10.6 Å². The first-order valence-electron chi connectivity index (χ1n) is 6.34. The van der Waals surface area contributed by atoms with E-state index in [1.807, 2.05) is 18.2 Å². The quantitative estimate of drug-likeness (QED) is 0.706. The van der Waals surface area contributed by atoms with E-state index < -0.39 is 0 Å². The fourth-order valence-corrected chi connectivity index (χ4v) is 3.10. The van der Waals surface area contributed by atoms with Crippen LogP contribution in [0, 0.1) is 5.92 Å². The van der Waals surface area contributed by atoms with E-state index in [-0.39, 0.29) is 5.91 Å². The molecule has 0 aliphatic carbocycles. The molecule has 0 heterocycles. The number of thiocarbonyl (C=S) groups is 1. The first-order valence-corrected chi connectivity index (χ1v) is 8.33. The molecular formula is C14H18Br2N2OS. The third-order valence-electron chi connectivity index (χ3n) is 2.66. The van der Waals surface area contributed by atoms with Gasteiger partial charge in [-0.3, -0.25) is 4.79 Å². The van der Waals surface area contributed by atoms with E-state index in [4.69, 9.17) is 18.0 Å². The van der Waals surface area contributed by atoms with Crippen LogP contribution in [0.4, 0.5) is 0 Å². The minimum Gasteiger partial charge on any atom is -0.393 e. The van der Waals surface area contributed by atoms with Crippen molar-refractivity contribution in [1.82, 2.24) is 4.90 Å². The van der Waals surface area contributed by atoms with Crippen molar-refractivity contribution >= 4 is 55.0 Å². The summed E-state index contributed by atoms with van der Waals surface area (Å²) < 4.78 is 1.71. The van der Waals surface area contributed by atoms with Crippen molar-refractivity contribution in [3.8, 4) is 0 Å². The van der Waals surface area contributed by atoms with Gasteiger partial charge in [0.25, 0.3) is 5.91 Å². The molecule has 0 aliphatic rings. The molecule has 110 valence electrons. The van der Waals surface area contributed by atoms with E-state index in [1.54, 1.807) is 4.90 Å². The van der Waals surface area contributed by atoms with Crippen LogP contribution < -0.4 is 5.73 Å². The second-order valence-corrected chi connectivity index (χ2v) is 7.28. The second kappa shape index (κ2) is 8.10. The Morgan fingerprint density at radius 2 is 2.05 bits per heavy atom. The molecule has 0 fully saturated rings. The molecule has 3 nitrogen and oxygen atoms in total. The maximum absolute atomic E-state index is 12.6. The molecule has 0 atom stereocenters. The summed E-state index contributed by atoms with van der Waals surface area (Å²) in [5.74, 6) is 0.383. The third kappa shape index (κ3) is 5.50. The number of hydrogen-bond donors (Lipinski definition) is 1. The summed E-state index contributed by atoms with van der Waals surface area (Å²) in [6.07, 6.45) is 0.544. The van der Waals surface area contributed by atoms with Gasteiger partial charge in [-0.2, -0.15) is 0 Å². The van der Waals surface area contributed by atoms with Crippen LogP contribution in [0.3, 0.4) is 0 Å². The van der Waals surface area contributed by atoms with Crippen LogP contribution >= 0.6 is 44.1 Å². The third-order valence-corrected chi connectivity index (χ3v) is 4.02. The van der Waals surface area contributed by atoms with E-state index in [1.165, 1.54) is 0 Å². The van der Waals surface area contributed by atoms with Gasteiger partial charge < -0.3 is 10.6 Å². The van der Waals surface area contributed by atoms with E-state index >= 15 is 0 Å². The van der Waals surface area contributed by atoms with Gasteiger partial charge in [-0.05, 0) is 40.0 Å². The number of nitrogens with two attached hydrogens (primary N) is 1. The van der Waals surface area contributed by atoms with Gasteiger partial charge in [0, 0.05) is 28.5 Å². The van der Waals surface area contributed by atoms with Crippen LogP contribution in [0.15, 0.2) is 27.1 Å². The molecular weight excluding hydrogens is 404 g/mol. The number of hydrogen-bond acceptors (Lipinski definition) is 2. The lowest BCUT2D eigenvalue weighted by atomic mass is 10.1. The van der Waals surface area contributed by atoms with Gasteiger partial charge in [0.2, 0.25) is 0 Å². The van der Waals surface area contributed by atoms with Crippen molar-refractivity contribution in [1.29, 1.82) is 0 Å². The molecule has 0 aromatic heterocycles. The molecule has 1 aromatic rings.